The van der Waals surface area contributed by atoms with Crippen molar-refractivity contribution in [3.8, 4) is 17.2 Å². The van der Waals surface area contributed by atoms with Gasteiger partial charge < -0.3 is 34.9 Å². The number of urea groups is 1. The van der Waals surface area contributed by atoms with Gasteiger partial charge in [0.05, 0.1) is 23.9 Å². The zero-order valence-electron chi connectivity index (χ0n) is 23.5. The van der Waals surface area contributed by atoms with Crippen LogP contribution in [0.4, 0.5) is 16.2 Å². The van der Waals surface area contributed by atoms with Crippen LogP contribution in [0.2, 0.25) is 0 Å². The Morgan fingerprint density at radius 2 is 1.85 bits per heavy atom. The van der Waals surface area contributed by atoms with Crippen molar-refractivity contribution in [1.29, 1.82) is 0 Å². The predicted molar refractivity (Wildman–Crippen MR) is 156 cm³/mol. The topological polar surface area (TPSA) is 113 Å². The highest BCUT2D eigenvalue weighted by Crippen LogP contribution is 2.36. The molecule has 0 aliphatic carbocycles. The molecule has 0 radical (unpaired) electrons. The van der Waals surface area contributed by atoms with E-state index in [1.54, 1.807) is 35.2 Å². The molecule has 2 aliphatic heterocycles. The Labute approximate surface area is 239 Å². The Kier molecular flexibility index (Phi) is 8.61. The standard InChI is InChI=1S/C31H36N4O6/c1-20-15-35(21(2)18-36)30(37)24-10-7-11-25(33-31(38)32-23-8-5-4-6-9-23)29(24)41-28(20)17-34(3)16-22-12-13-26-27(14-22)40-19-39-26/h4-14,20-21,28,36H,15-19H2,1-3H3,(H2,32,33,38)/t20-,21+,28-/m1/s1. The van der Waals surface area contributed by atoms with E-state index >= 15 is 0 Å². The van der Waals surface area contributed by atoms with E-state index < -0.39 is 6.03 Å². The number of rotatable bonds is 8. The molecule has 0 unspecified atom stereocenters. The average molecular weight is 561 g/mol. The summed E-state index contributed by atoms with van der Waals surface area (Å²) in [5.74, 6) is 1.45. The molecule has 5 rings (SSSR count). The van der Waals surface area contributed by atoms with Crippen molar-refractivity contribution in [3.63, 3.8) is 0 Å². The second-order valence-electron chi connectivity index (χ2n) is 10.6. The Bertz CT molecular complexity index is 1380. The van der Waals surface area contributed by atoms with E-state index in [4.69, 9.17) is 14.2 Å². The number of fused-ring (bicyclic) bond motifs is 2. The van der Waals surface area contributed by atoms with Gasteiger partial charge in [-0.15, -0.1) is 0 Å². The molecule has 3 aromatic rings. The van der Waals surface area contributed by atoms with E-state index in [0.29, 0.717) is 42.3 Å². The lowest BCUT2D eigenvalue weighted by atomic mass is 9.99. The lowest BCUT2D eigenvalue weighted by molar-refractivity contribution is 0.0343. The minimum absolute atomic E-state index is 0.0773. The number of nitrogens with one attached hydrogen (secondary N) is 2. The quantitative estimate of drug-likeness (QED) is 0.374. The molecule has 3 amide bonds. The third kappa shape index (κ3) is 6.55. The van der Waals surface area contributed by atoms with Gasteiger partial charge in [0.25, 0.3) is 5.91 Å². The van der Waals surface area contributed by atoms with Crippen LogP contribution >= 0.6 is 0 Å². The summed E-state index contributed by atoms with van der Waals surface area (Å²) in [6.45, 7) is 5.52. The molecule has 2 aliphatic rings. The highest BCUT2D eigenvalue weighted by atomic mass is 16.7. The van der Waals surface area contributed by atoms with Crippen LogP contribution in [-0.4, -0.2) is 72.5 Å². The Hall–Kier alpha value is -4.28. The number of carbonyl (C=O) groups is 2. The number of hydrogen-bond donors (Lipinski definition) is 3. The van der Waals surface area contributed by atoms with Gasteiger partial charge in [0.2, 0.25) is 6.79 Å². The number of amides is 3. The Morgan fingerprint density at radius 1 is 1.07 bits per heavy atom. The molecule has 0 bridgehead atoms. The van der Waals surface area contributed by atoms with E-state index in [9.17, 15) is 14.7 Å². The van der Waals surface area contributed by atoms with E-state index in [0.717, 1.165) is 17.1 Å². The summed E-state index contributed by atoms with van der Waals surface area (Å²) in [5.41, 5.74) is 2.43. The lowest BCUT2D eigenvalue weighted by Gasteiger charge is -2.38. The molecular weight excluding hydrogens is 524 g/mol. The molecule has 10 heteroatoms. The first-order chi connectivity index (χ1) is 19.8. The SMILES string of the molecule is C[C@@H]1CN([C@@H](C)CO)C(=O)c2cccc(NC(=O)Nc3ccccc3)c2O[C@@H]1CN(C)Cc1ccc2c(c1)OCO2. The van der Waals surface area contributed by atoms with Crippen molar-refractivity contribution < 1.29 is 28.9 Å². The van der Waals surface area contributed by atoms with Crippen molar-refractivity contribution in [2.24, 2.45) is 5.92 Å². The molecule has 0 spiro atoms. The summed E-state index contributed by atoms with van der Waals surface area (Å²) in [6, 6.07) is 19.3. The van der Waals surface area contributed by atoms with Crippen LogP contribution < -0.4 is 24.8 Å². The van der Waals surface area contributed by atoms with Crippen molar-refractivity contribution in [2.75, 3.05) is 44.2 Å². The van der Waals surface area contributed by atoms with Crippen LogP contribution in [0, 0.1) is 5.92 Å². The number of carbonyl (C=O) groups excluding carboxylic acids is 2. The van der Waals surface area contributed by atoms with Gasteiger partial charge >= 0.3 is 6.03 Å². The third-order valence-corrected chi connectivity index (χ3v) is 7.35. The molecule has 0 fully saturated rings. The summed E-state index contributed by atoms with van der Waals surface area (Å²) in [6.07, 6.45) is -0.325. The van der Waals surface area contributed by atoms with Gasteiger partial charge in [0, 0.05) is 31.2 Å². The third-order valence-electron chi connectivity index (χ3n) is 7.35. The van der Waals surface area contributed by atoms with Crippen molar-refractivity contribution in [1.82, 2.24) is 9.80 Å². The fourth-order valence-electron chi connectivity index (χ4n) is 5.09. The molecule has 3 N–H and O–H groups in total. The second kappa shape index (κ2) is 12.5. The molecule has 3 atom stereocenters. The summed E-state index contributed by atoms with van der Waals surface area (Å²) in [7, 11) is 2.01. The number of aliphatic hydroxyl groups is 1. The van der Waals surface area contributed by atoms with Gasteiger partial charge in [-0.05, 0) is 55.9 Å². The number of aliphatic hydroxyl groups excluding tert-OH is 1. The molecule has 0 aromatic heterocycles. The smallest absolute Gasteiger partial charge is 0.323 e. The van der Waals surface area contributed by atoms with Gasteiger partial charge in [-0.2, -0.15) is 0 Å². The van der Waals surface area contributed by atoms with E-state index in [-0.39, 0.29) is 37.4 Å². The van der Waals surface area contributed by atoms with Gasteiger partial charge in [-0.25, -0.2) is 4.79 Å². The van der Waals surface area contributed by atoms with E-state index in [1.165, 1.54) is 0 Å². The Morgan fingerprint density at radius 3 is 2.63 bits per heavy atom. The van der Waals surface area contributed by atoms with Crippen molar-refractivity contribution in [3.05, 3.63) is 77.9 Å². The number of ether oxygens (including phenoxy) is 3. The maximum Gasteiger partial charge on any atom is 0.323 e. The first-order valence-corrected chi connectivity index (χ1v) is 13.7. The van der Waals surface area contributed by atoms with E-state index in [1.807, 2.05) is 57.3 Å². The second-order valence-corrected chi connectivity index (χ2v) is 10.6. The largest absolute Gasteiger partial charge is 0.486 e. The fraction of sp³-hybridized carbons (Fsp3) is 0.355. The van der Waals surface area contributed by atoms with Gasteiger partial charge in [0.1, 0.15) is 6.10 Å². The number of anilines is 2. The molecule has 10 nitrogen and oxygen atoms in total. The molecular formula is C31H36N4O6. The maximum absolute atomic E-state index is 13.7. The van der Waals surface area contributed by atoms with Crippen LogP contribution in [-0.2, 0) is 6.54 Å². The highest BCUT2D eigenvalue weighted by Gasteiger charge is 2.34. The average Bonchev–Trinajstić information content (AvgIpc) is 3.43. The first kappa shape index (κ1) is 28.3. The van der Waals surface area contributed by atoms with Gasteiger partial charge in [-0.1, -0.05) is 37.3 Å². The number of nitrogens with zero attached hydrogens (tertiary/aromatic N) is 2. The number of para-hydroxylation sites is 2. The molecule has 2 heterocycles. The first-order valence-electron chi connectivity index (χ1n) is 13.7. The predicted octanol–water partition coefficient (Wildman–Crippen LogP) is 4.41. The number of hydrogen-bond acceptors (Lipinski definition) is 7. The normalized spacial score (nSPS) is 18.7. The summed E-state index contributed by atoms with van der Waals surface area (Å²) >= 11 is 0. The van der Waals surface area contributed by atoms with Crippen LogP contribution in [0.25, 0.3) is 0 Å². The maximum atomic E-state index is 13.7. The summed E-state index contributed by atoms with van der Waals surface area (Å²) < 4.78 is 17.6. The van der Waals surface area contributed by atoms with Gasteiger partial charge in [-0.3, -0.25) is 9.69 Å². The summed E-state index contributed by atoms with van der Waals surface area (Å²) in [4.78, 5) is 30.4. The van der Waals surface area contributed by atoms with E-state index in [2.05, 4.69) is 15.5 Å². The molecule has 3 aromatic carbocycles. The van der Waals surface area contributed by atoms with Crippen LogP contribution in [0.1, 0.15) is 29.8 Å². The van der Waals surface area contributed by atoms with Crippen molar-refractivity contribution in [2.45, 2.75) is 32.5 Å². The van der Waals surface area contributed by atoms with Crippen LogP contribution in [0.15, 0.2) is 66.7 Å². The molecule has 0 saturated heterocycles. The molecule has 0 saturated carbocycles. The molecule has 41 heavy (non-hydrogen) atoms. The monoisotopic (exact) mass is 560 g/mol. The summed E-state index contributed by atoms with van der Waals surface area (Å²) in [5, 5.41) is 15.6. The van der Waals surface area contributed by atoms with Crippen LogP contribution in [0.3, 0.4) is 0 Å². The minimum atomic E-state index is -0.451. The fourth-order valence-corrected chi connectivity index (χ4v) is 5.09. The van der Waals surface area contributed by atoms with Crippen LogP contribution in [0.5, 0.6) is 17.2 Å². The number of benzene rings is 3. The lowest BCUT2D eigenvalue weighted by Crippen LogP contribution is -2.49. The number of likely N-dealkylation sites (N-methyl/N-ethyl adjacent to an activating group) is 1. The Balaban J connectivity index is 1.40. The molecule has 216 valence electrons. The van der Waals surface area contributed by atoms with Gasteiger partial charge in [0.15, 0.2) is 17.2 Å². The zero-order valence-corrected chi connectivity index (χ0v) is 23.5. The highest BCUT2D eigenvalue weighted by molar-refractivity contribution is 6.04. The zero-order chi connectivity index (χ0) is 28.9. The minimum Gasteiger partial charge on any atom is -0.486 e. The van der Waals surface area contributed by atoms with Crippen molar-refractivity contribution >= 4 is 23.3 Å².